The first kappa shape index (κ1) is 9.35. The molecule has 3 rings (SSSR count). The Hall–Kier alpha value is -1.88. The van der Waals surface area contributed by atoms with E-state index >= 15 is 0 Å². The molecule has 0 spiro atoms. The number of amides is 2. The van der Waals surface area contributed by atoms with Gasteiger partial charge in [-0.3, -0.25) is 0 Å². The number of hydrazone groups is 1. The number of hydrogen-bond acceptors (Lipinski definition) is 3. The van der Waals surface area contributed by atoms with E-state index in [1.54, 1.807) is 0 Å². The van der Waals surface area contributed by atoms with Crippen LogP contribution in [-0.2, 0) is 4.74 Å². The normalized spacial score (nSPS) is 28.1. The molecule has 3 N–H and O–H groups in total. The summed E-state index contributed by atoms with van der Waals surface area (Å²) in [7, 11) is 0. The van der Waals surface area contributed by atoms with Crippen molar-refractivity contribution in [1.29, 1.82) is 0 Å². The number of nitrogens with two attached hydrogens (primary N) is 1. The molecule has 1 aromatic carbocycles. The van der Waals surface area contributed by atoms with Crippen LogP contribution in [0.5, 0.6) is 0 Å². The summed E-state index contributed by atoms with van der Waals surface area (Å²) in [5, 5.41) is 3.97. The van der Waals surface area contributed by atoms with Gasteiger partial charge in [0.1, 0.15) is 6.10 Å². The van der Waals surface area contributed by atoms with E-state index in [1.165, 1.54) is 5.56 Å². The first-order chi connectivity index (χ1) is 7.75. The van der Waals surface area contributed by atoms with Crippen molar-refractivity contribution < 1.29 is 9.53 Å². The molecule has 0 radical (unpaired) electrons. The quantitative estimate of drug-likeness (QED) is 0.694. The zero-order valence-corrected chi connectivity index (χ0v) is 8.51. The van der Waals surface area contributed by atoms with E-state index in [9.17, 15) is 4.79 Å². The lowest BCUT2D eigenvalue weighted by Gasteiger charge is -2.12. The number of carbonyl (C=O) groups excluding carboxylic acids is 1. The van der Waals surface area contributed by atoms with Gasteiger partial charge in [-0.15, -0.1) is 0 Å². The number of rotatable bonds is 1. The number of primary amides is 1. The lowest BCUT2D eigenvalue weighted by Crippen LogP contribution is -2.26. The number of hydrogen-bond donors (Lipinski definition) is 2. The molecule has 2 bridgehead atoms. The summed E-state index contributed by atoms with van der Waals surface area (Å²) < 4.78 is 5.76. The number of fused-ring (bicyclic) bond motifs is 5. The van der Waals surface area contributed by atoms with Crippen LogP contribution in [0.4, 0.5) is 4.79 Å². The standard InChI is InChI=1S/C11H11N3O2/c12-11(15)14-13-8-5-9-6-3-1-2-4-7(6)10(8)16-9/h1-4,9-10H,5H2,(H3,12,14,15)/b13-8-/t9-,10+/m0/s1. The minimum absolute atomic E-state index is 0.0784. The van der Waals surface area contributed by atoms with Crippen molar-refractivity contribution in [2.75, 3.05) is 0 Å². The fourth-order valence-electron chi connectivity index (χ4n) is 2.30. The molecule has 1 fully saturated rings. The molecule has 1 aromatic rings. The van der Waals surface area contributed by atoms with Crippen LogP contribution in [0.2, 0.25) is 0 Å². The Labute approximate surface area is 92.3 Å². The molecule has 16 heavy (non-hydrogen) atoms. The molecular weight excluding hydrogens is 206 g/mol. The third-order valence-corrected chi connectivity index (χ3v) is 2.93. The molecule has 2 atom stereocenters. The monoisotopic (exact) mass is 217 g/mol. The third kappa shape index (κ3) is 1.29. The Morgan fingerprint density at radius 3 is 2.94 bits per heavy atom. The maximum Gasteiger partial charge on any atom is 0.332 e. The maximum absolute atomic E-state index is 10.6. The molecule has 2 aliphatic heterocycles. The largest absolute Gasteiger partial charge is 0.359 e. The number of nitrogens with one attached hydrogen (secondary N) is 1. The highest BCUT2D eigenvalue weighted by atomic mass is 16.5. The van der Waals surface area contributed by atoms with Crippen LogP contribution in [0.3, 0.4) is 0 Å². The molecule has 0 aromatic heterocycles. The first-order valence-electron chi connectivity index (χ1n) is 5.12. The molecule has 82 valence electrons. The summed E-state index contributed by atoms with van der Waals surface area (Å²) in [6.45, 7) is 0. The number of ether oxygens (including phenoxy) is 1. The van der Waals surface area contributed by atoms with Gasteiger partial charge in [0.2, 0.25) is 0 Å². The van der Waals surface area contributed by atoms with E-state index in [2.05, 4.69) is 16.6 Å². The summed E-state index contributed by atoms with van der Waals surface area (Å²) >= 11 is 0. The second-order valence-electron chi connectivity index (χ2n) is 3.92. The number of urea groups is 1. The Kier molecular flexibility index (Phi) is 1.94. The van der Waals surface area contributed by atoms with Crippen molar-refractivity contribution in [3.05, 3.63) is 35.4 Å². The Bertz CT molecular complexity index is 484. The molecule has 2 aliphatic rings. The summed E-state index contributed by atoms with van der Waals surface area (Å²) in [4.78, 5) is 10.6. The lowest BCUT2D eigenvalue weighted by molar-refractivity contribution is 0.0838. The second-order valence-corrected chi connectivity index (χ2v) is 3.92. The summed E-state index contributed by atoms with van der Waals surface area (Å²) in [5.41, 5.74) is 10.4. The van der Waals surface area contributed by atoms with Crippen LogP contribution in [0.1, 0.15) is 29.8 Å². The van der Waals surface area contributed by atoms with Crippen molar-refractivity contribution in [3.8, 4) is 0 Å². The number of carbonyl (C=O) groups is 1. The highest BCUT2D eigenvalue weighted by Gasteiger charge is 2.42. The van der Waals surface area contributed by atoms with Crippen molar-refractivity contribution in [3.63, 3.8) is 0 Å². The first-order valence-corrected chi connectivity index (χ1v) is 5.12. The minimum atomic E-state index is -0.649. The average Bonchev–Trinajstić information content (AvgIpc) is 2.85. The molecular formula is C11H11N3O2. The smallest absolute Gasteiger partial charge is 0.332 e. The van der Waals surface area contributed by atoms with Crippen LogP contribution in [-0.4, -0.2) is 11.7 Å². The molecule has 0 unspecified atom stereocenters. The summed E-state index contributed by atoms with van der Waals surface area (Å²) in [5.74, 6) is 0. The van der Waals surface area contributed by atoms with E-state index in [-0.39, 0.29) is 12.2 Å². The van der Waals surface area contributed by atoms with Crippen molar-refractivity contribution >= 4 is 11.7 Å². The van der Waals surface area contributed by atoms with Gasteiger partial charge in [0.05, 0.1) is 11.8 Å². The van der Waals surface area contributed by atoms with Crippen LogP contribution >= 0.6 is 0 Å². The Morgan fingerprint density at radius 1 is 1.44 bits per heavy atom. The zero-order chi connectivity index (χ0) is 11.1. The van der Waals surface area contributed by atoms with Gasteiger partial charge in [0.25, 0.3) is 0 Å². The topological polar surface area (TPSA) is 76.7 Å². The van der Waals surface area contributed by atoms with Crippen molar-refractivity contribution in [2.45, 2.75) is 18.6 Å². The van der Waals surface area contributed by atoms with Crippen molar-refractivity contribution in [1.82, 2.24) is 5.43 Å². The van der Waals surface area contributed by atoms with Gasteiger partial charge in [-0.25, -0.2) is 10.2 Å². The molecule has 0 saturated carbocycles. The average molecular weight is 217 g/mol. The van der Waals surface area contributed by atoms with Crippen molar-refractivity contribution in [2.24, 2.45) is 10.8 Å². The number of nitrogens with zero attached hydrogens (tertiary/aromatic N) is 1. The van der Waals surface area contributed by atoms with E-state index in [0.717, 1.165) is 17.7 Å². The maximum atomic E-state index is 10.6. The van der Waals surface area contributed by atoms with Gasteiger partial charge in [0, 0.05) is 6.42 Å². The predicted molar refractivity (Wildman–Crippen MR) is 57.8 cm³/mol. The van der Waals surface area contributed by atoms with Gasteiger partial charge in [-0.2, -0.15) is 5.10 Å². The third-order valence-electron chi connectivity index (χ3n) is 2.93. The van der Waals surface area contributed by atoms with Crippen LogP contribution < -0.4 is 11.2 Å². The second kappa shape index (κ2) is 3.31. The number of benzene rings is 1. The van der Waals surface area contributed by atoms with Gasteiger partial charge in [-0.05, 0) is 11.1 Å². The Balaban J connectivity index is 1.92. The van der Waals surface area contributed by atoms with Gasteiger partial charge in [-0.1, -0.05) is 24.3 Å². The van der Waals surface area contributed by atoms with Crippen LogP contribution in [0, 0.1) is 0 Å². The fourth-order valence-corrected chi connectivity index (χ4v) is 2.30. The highest BCUT2D eigenvalue weighted by Crippen LogP contribution is 2.48. The van der Waals surface area contributed by atoms with E-state index < -0.39 is 6.03 Å². The van der Waals surface area contributed by atoms with Gasteiger partial charge in [0.15, 0.2) is 0 Å². The predicted octanol–water partition coefficient (Wildman–Crippen LogP) is 1.23. The Morgan fingerprint density at radius 2 is 2.19 bits per heavy atom. The van der Waals surface area contributed by atoms with Crippen LogP contribution in [0.15, 0.2) is 29.4 Å². The summed E-state index contributed by atoms with van der Waals surface area (Å²) in [6.07, 6.45) is 0.685. The fraction of sp³-hybridized carbons (Fsp3) is 0.273. The van der Waals surface area contributed by atoms with E-state index in [4.69, 9.17) is 10.5 Å². The lowest BCUT2D eigenvalue weighted by atomic mass is 9.90. The molecule has 2 heterocycles. The molecule has 1 saturated heterocycles. The van der Waals surface area contributed by atoms with Crippen LogP contribution in [0.25, 0.3) is 0 Å². The molecule has 5 heteroatoms. The van der Waals surface area contributed by atoms with Gasteiger partial charge < -0.3 is 10.5 Å². The molecule has 0 aliphatic carbocycles. The van der Waals surface area contributed by atoms with E-state index in [0.29, 0.717) is 0 Å². The summed E-state index contributed by atoms with van der Waals surface area (Å²) in [6, 6.07) is 7.42. The van der Waals surface area contributed by atoms with E-state index in [1.807, 2.05) is 18.2 Å². The minimum Gasteiger partial charge on any atom is -0.359 e. The SMILES string of the molecule is NC(=O)N/N=C1/C[C@@H]2O[C@@H]1c1ccccc12. The zero-order valence-electron chi connectivity index (χ0n) is 8.51. The van der Waals surface area contributed by atoms with Gasteiger partial charge >= 0.3 is 6.03 Å². The molecule has 5 nitrogen and oxygen atoms in total. The molecule has 2 amide bonds. The highest BCUT2D eigenvalue weighted by molar-refractivity contribution is 5.94.